The highest BCUT2D eigenvalue weighted by Gasteiger charge is 2.21. The highest BCUT2D eigenvalue weighted by Crippen LogP contribution is 2.18. The number of Topliss-reactive ketones (excluding diaryl/α,β-unsaturated/α-hetero) is 1. The minimum Gasteiger partial charge on any atom is -0.293 e. The molecule has 2 nitrogen and oxygen atoms in total. The van der Waals surface area contributed by atoms with Crippen LogP contribution >= 0.6 is 11.8 Å². The van der Waals surface area contributed by atoms with Crippen LogP contribution in [0.2, 0.25) is 0 Å². The first-order valence-corrected chi connectivity index (χ1v) is 8.18. The third-order valence-corrected chi connectivity index (χ3v) is 4.94. The maximum atomic E-state index is 12.3. The fourth-order valence-corrected chi connectivity index (χ4v) is 3.41. The van der Waals surface area contributed by atoms with E-state index in [0.29, 0.717) is 18.5 Å². The molecule has 0 radical (unpaired) electrons. The molecule has 0 spiro atoms. The lowest BCUT2D eigenvalue weighted by Gasteiger charge is -2.32. The highest BCUT2D eigenvalue weighted by molar-refractivity contribution is 7.99. The summed E-state index contributed by atoms with van der Waals surface area (Å²) >= 11 is 1.98. The van der Waals surface area contributed by atoms with Gasteiger partial charge in [-0.15, -0.1) is 0 Å². The van der Waals surface area contributed by atoms with E-state index in [1.165, 1.54) is 5.56 Å². The predicted octanol–water partition coefficient (Wildman–Crippen LogP) is 3.43. The zero-order valence-corrected chi connectivity index (χ0v) is 12.9. The van der Waals surface area contributed by atoms with Gasteiger partial charge in [0.15, 0.2) is 5.78 Å². The van der Waals surface area contributed by atoms with Gasteiger partial charge in [0, 0.05) is 29.7 Å². The smallest absolute Gasteiger partial charge is 0.176 e. The van der Waals surface area contributed by atoms with Gasteiger partial charge >= 0.3 is 0 Å². The third kappa shape index (κ3) is 3.83. The molecule has 0 aliphatic carbocycles. The fraction of sp³-hybridized carbons (Fsp3) is 0.562. The summed E-state index contributed by atoms with van der Waals surface area (Å²) in [5.41, 5.74) is 2.13. The molecule has 19 heavy (non-hydrogen) atoms. The first kappa shape index (κ1) is 14.6. The summed E-state index contributed by atoms with van der Waals surface area (Å²) in [6.07, 6.45) is 0. The van der Waals surface area contributed by atoms with Crippen LogP contribution in [-0.4, -0.2) is 41.3 Å². The second-order valence-electron chi connectivity index (χ2n) is 5.59. The van der Waals surface area contributed by atoms with Gasteiger partial charge in [-0.25, -0.2) is 0 Å². The molecule has 1 saturated heterocycles. The Bertz CT molecular complexity index is 427. The van der Waals surface area contributed by atoms with Crippen molar-refractivity contribution in [3.63, 3.8) is 0 Å². The molecule has 0 aromatic heterocycles. The number of thioether (sulfide) groups is 1. The maximum Gasteiger partial charge on any atom is 0.176 e. The van der Waals surface area contributed by atoms with Gasteiger partial charge in [-0.3, -0.25) is 9.69 Å². The van der Waals surface area contributed by atoms with Gasteiger partial charge in [0.1, 0.15) is 0 Å². The van der Waals surface area contributed by atoms with E-state index in [0.717, 1.165) is 23.6 Å². The molecule has 1 aromatic rings. The average Bonchev–Trinajstić information content (AvgIpc) is 2.41. The molecule has 1 unspecified atom stereocenters. The molecule has 0 bridgehead atoms. The van der Waals surface area contributed by atoms with E-state index in [-0.39, 0.29) is 5.78 Å². The summed E-state index contributed by atoms with van der Waals surface area (Å²) < 4.78 is 0. The Morgan fingerprint density at radius 3 is 2.63 bits per heavy atom. The van der Waals surface area contributed by atoms with E-state index in [2.05, 4.69) is 37.8 Å². The van der Waals surface area contributed by atoms with Crippen molar-refractivity contribution in [2.24, 2.45) is 0 Å². The molecule has 1 atom stereocenters. The van der Waals surface area contributed by atoms with Crippen LogP contribution < -0.4 is 0 Å². The second kappa shape index (κ2) is 6.58. The largest absolute Gasteiger partial charge is 0.293 e. The van der Waals surface area contributed by atoms with Crippen LogP contribution in [-0.2, 0) is 0 Å². The molecular weight excluding hydrogens is 254 g/mol. The van der Waals surface area contributed by atoms with E-state index >= 15 is 0 Å². The molecule has 0 N–H and O–H groups in total. The van der Waals surface area contributed by atoms with Crippen LogP contribution in [0.4, 0.5) is 0 Å². The second-order valence-corrected chi connectivity index (χ2v) is 6.74. The average molecular weight is 277 g/mol. The SMILES string of the molecule is CC(C)c1ccc(C(=O)CN2CCSCC2C)cc1. The monoisotopic (exact) mass is 277 g/mol. The standard InChI is InChI=1S/C16H23NOS/c1-12(2)14-4-6-15(7-5-14)16(18)10-17-8-9-19-11-13(17)3/h4-7,12-13H,8-11H2,1-3H3. The Hall–Kier alpha value is -0.800. The number of nitrogens with zero attached hydrogens (tertiary/aromatic N) is 1. The minimum absolute atomic E-state index is 0.244. The van der Waals surface area contributed by atoms with E-state index < -0.39 is 0 Å². The van der Waals surface area contributed by atoms with Crippen LogP contribution in [0.25, 0.3) is 0 Å². The van der Waals surface area contributed by atoms with Crippen molar-refractivity contribution in [1.82, 2.24) is 4.90 Å². The molecular formula is C16H23NOS. The Kier molecular flexibility index (Phi) is 5.06. The first-order chi connectivity index (χ1) is 9.08. The van der Waals surface area contributed by atoms with Crippen LogP contribution in [0.15, 0.2) is 24.3 Å². The molecule has 3 heteroatoms. The summed E-state index contributed by atoms with van der Waals surface area (Å²) in [5.74, 6) is 3.04. The van der Waals surface area contributed by atoms with Crippen molar-refractivity contribution in [3.05, 3.63) is 35.4 Å². The van der Waals surface area contributed by atoms with Gasteiger partial charge in [0.2, 0.25) is 0 Å². The Morgan fingerprint density at radius 1 is 1.37 bits per heavy atom. The molecule has 1 aliphatic heterocycles. The van der Waals surface area contributed by atoms with Gasteiger partial charge in [-0.1, -0.05) is 38.1 Å². The first-order valence-electron chi connectivity index (χ1n) is 7.03. The van der Waals surface area contributed by atoms with Gasteiger partial charge in [0.05, 0.1) is 6.54 Å². The maximum absolute atomic E-state index is 12.3. The topological polar surface area (TPSA) is 20.3 Å². The minimum atomic E-state index is 0.244. The van der Waals surface area contributed by atoms with Crippen molar-refractivity contribution >= 4 is 17.5 Å². The summed E-state index contributed by atoms with van der Waals surface area (Å²) in [6, 6.07) is 8.61. The van der Waals surface area contributed by atoms with Gasteiger partial charge in [-0.2, -0.15) is 11.8 Å². The van der Waals surface area contributed by atoms with Crippen LogP contribution in [0.1, 0.15) is 42.6 Å². The van der Waals surface area contributed by atoms with E-state index in [9.17, 15) is 4.79 Å². The zero-order chi connectivity index (χ0) is 13.8. The fourth-order valence-electron chi connectivity index (χ4n) is 2.33. The summed E-state index contributed by atoms with van der Waals surface area (Å²) in [4.78, 5) is 14.6. The quantitative estimate of drug-likeness (QED) is 0.786. The lowest BCUT2D eigenvalue weighted by atomic mass is 10.0. The predicted molar refractivity (Wildman–Crippen MR) is 83.2 cm³/mol. The van der Waals surface area contributed by atoms with Crippen molar-refractivity contribution in [2.75, 3.05) is 24.6 Å². The Morgan fingerprint density at radius 2 is 2.05 bits per heavy atom. The Balaban J connectivity index is 1.99. The molecule has 0 saturated carbocycles. The highest BCUT2D eigenvalue weighted by atomic mass is 32.2. The number of ketones is 1. The number of carbonyl (C=O) groups is 1. The van der Waals surface area contributed by atoms with Crippen LogP contribution in [0, 0.1) is 0 Å². The molecule has 0 amide bonds. The van der Waals surface area contributed by atoms with E-state index in [1.54, 1.807) is 0 Å². The molecule has 1 aromatic carbocycles. The van der Waals surface area contributed by atoms with Crippen LogP contribution in [0.3, 0.4) is 0 Å². The lowest BCUT2D eigenvalue weighted by Crippen LogP contribution is -2.43. The van der Waals surface area contributed by atoms with Crippen molar-refractivity contribution in [3.8, 4) is 0 Å². The van der Waals surface area contributed by atoms with Crippen molar-refractivity contribution in [1.29, 1.82) is 0 Å². The summed E-state index contributed by atoms with van der Waals surface area (Å²) in [7, 11) is 0. The van der Waals surface area contributed by atoms with Crippen LogP contribution in [0.5, 0.6) is 0 Å². The number of rotatable bonds is 4. The molecule has 2 rings (SSSR count). The number of hydrogen-bond acceptors (Lipinski definition) is 3. The number of benzene rings is 1. The third-order valence-electron chi connectivity index (χ3n) is 3.75. The summed E-state index contributed by atoms with van der Waals surface area (Å²) in [6.45, 7) is 8.14. The zero-order valence-electron chi connectivity index (χ0n) is 12.1. The normalized spacial score (nSPS) is 20.7. The van der Waals surface area contributed by atoms with Crippen molar-refractivity contribution in [2.45, 2.75) is 32.7 Å². The van der Waals surface area contributed by atoms with Gasteiger partial charge < -0.3 is 0 Å². The van der Waals surface area contributed by atoms with E-state index in [4.69, 9.17) is 0 Å². The summed E-state index contributed by atoms with van der Waals surface area (Å²) in [5, 5.41) is 0. The van der Waals surface area contributed by atoms with E-state index in [1.807, 2.05) is 23.9 Å². The number of hydrogen-bond donors (Lipinski definition) is 0. The van der Waals surface area contributed by atoms with Gasteiger partial charge in [0.25, 0.3) is 0 Å². The lowest BCUT2D eigenvalue weighted by molar-refractivity contribution is 0.0911. The molecule has 1 heterocycles. The molecule has 1 fully saturated rings. The van der Waals surface area contributed by atoms with Gasteiger partial charge in [-0.05, 0) is 18.4 Å². The molecule has 1 aliphatic rings. The van der Waals surface area contributed by atoms with Crippen molar-refractivity contribution < 1.29 is 4.79 Å². The number of carbonyl (C=O) groups excluding carboxylic acids is 1. The molecule has 104 valence electrons. The Labute approximate surface area is 120 Å².